The van der Waals surface area contributed by atoms with Crippen molar-refractivity contribution in [3.8, 4) is 0 Å². The molecule has 3 N–H and O–H groups in total. The number of nitro groups is 1. The topological polar surface area (TPSA) is 118 Å². The molecule has 0 fully saturated rings. The van der Waals surface area contributed by atoms with Gasteiger partial charge in [0.05, 0.1) is 11.0 Å². The van der Waals surface area contributed by atoms with Crippen molar-refractivity contribution in [3.05, 3.63) is 16.4 Å². The number of aromatic nitrogens is 2. The number of rotatable bonds is 5. The third-order valence-electron chi connectivity index (χ3n) is 2.26. The van der Waals surface area contributed by atoms with Crippen molar-refractivity contribution in [1.29, 1.82) is 0 Å². The summed E-state index contributed by atoms with van der Waals surface area (Å²) in [4.78, 5) is 19.3. The third kappa shape index (κ3) is 3.25. The van der Waals surface area contributed by atoms with E-state index in [0.29, 0.717) is 13.0 Å². The second-order valence-electron chi connectivity index (χ2n) is 3.75. The fourth-order valence-electron chi connectivity index (χ4n) is 1.32. The summed E-state index contributed by atoms with van der Waals surface area (Å²) in [5.41, 5.74) is 5.14. The van der Waals surface area contributed by atoms with Gasteiger partial charge in [-0.25, -0.2) is 9.97 Å². The second kappa shape index (κ2) is 5.39. The molecular weight excluding hydrogens is 226 g/mol. The molecule has 0 bridgehead atoms. The maximum absolute atomic E-state index is 10.9. The van der Waals surface area contributed by atoms with Crippen molar-refractivity contribution in [2.75, 3.05) is 24.2 Å². The molecule has 1 heterocycles. The summed E-state index contributed by atoms with van der Waals surface area (Å²) in [6, 6.07) is 0. The Kier molecular flexibility index (Phi) is 4.16. The molecule has 1 aromatic rings. The van der Waals surface area contributed by atoms with Crippen LogP contribution in [0, 0.1) is 10.1 Å². The third-order valence-corrected chi connectivity index (χ3v) is 2.26. The van der Waals surface area contributed by atoms with E-state index in [0.717, 1.165) is 0 Å². The van der Waals surface area contributed by atoms with Crippen molar-refractivity contribution in [3.63, 3.8) is 0 Å². The summed E-state index contributed by atoms with van der Waals surface area (Å²) in [6.45, 7) is 2.09. The van der Waals surface area contributed by atoms with E-state index < -0.39 is 11.0 Å². The zero-order valence-electron chi connectivity index (χ0n) is 9.70. The number of nitrogen functional groups attached to an aromatic ring is 1. The van der Waals surface area contributed by atoms with Crippen molar-refractivity contribution in [2.45, 2.75) is 19.4 Å². The van der Waals surface area contributed by atoms with Crippen LogP contribution in [0.5, 0.6) is 0 Å². The van der Waals surface area contributed by atoms with Gasteiger partial charge in [0, 0.05) is 13.6 Å². The molecule has 0 aromatic carbocycles. The van der Waals surface area contributed by atoms with E-state index in [9.17, 15) is 10.1 Å². The molecule has 1 atom stereocenters. The van der Waals surface area contributed by atoms with E-state index in [-0.39, 0.29) is 17.3 Å². The summed E-state index contributed by atoms with van der Waals surface area (Å²) in [6.07, 6.45) is 1.18. The molecule has 0 amide bonds. The Morgan fingerprint density at radius 1 is 1.65 bits per heavy atom. The fraction of sp³-hybridized carbons (Fsp3) is 0.556. The SMILES string of the molecule is CC(O)CCN(C)c1ncnc(N)c1[N+](=O)[O-]. The molecule has 17 heavy (non-hydrogen) atoms. The molecule has 0 aliphatic heterocycles. The van der Waals surface area contributed by atoms with Gasteiger partial charge >= 0.3 is 5.69 Å². The van der Waals surface area contributed by atoms with Crippen LogP contribution in [0.15, 0.2) is 6.33 Å². The summed E-state index contributed by atoms with van der Waals surface area (Å²) < 4.78 is 0. The van der Waals surface area contributed by atoms with E-state index in [1.54, 1.807) is 18.9 Å². The number of nitrogens with zero attached hydrogens (tertiary/aromatic N) is 4. The van der Waals surface area contributed by atoms with E-state index in [4.69, 9.17) is 10.8 Å². The number of hydrogen-bond donors (Lipinski definition) is 2. The highest BCUT2D eigenvalue weighted by Gasteiger charge is 2.23. The van der Waals surface area contributed by atoms with Gasteiger partial charge in [-0.05, 0) is 13.3 Å². The maximum atomic E-state index is 10.9. The van der Waals surface area contributed by atoms with Gasteiger partial charge in [0.15, 0.2) is 0 Å². The molecule has 0 saturated carbocycles. The molecule has 1 rings (SSSR count). The summed E-state index contributed by atoms with van der Waals surface area (Å²) in [5.74, 6) is -0.00736. The van der Waals surface area contributed by atoms with Gasteiger partial charge in [0.2, 0.25) is 11.6 Å². The van der Waals surface area contributed by atoms with Gasteiger partial charge in [-0.2, -0.15) is 0 Å². The molecule has 0 saturated heterocycles. The van der Waals surface area contributed by atoms with Crippen molar-refractivity contribution >= 4 is 17.3 Å². The number of anilines is 2. The smallest absolute Gasteiger partial charge is 0.353 e. The van der Waals surface area contributed by atoms with Crippen LogP contribution >= 0.6 is 0 Å². The van der Waals surface area contributed by atoms with E-state index >= 15 is 0 Å². The van der Waals surface area contributed by atoms with Crippen LogP contribution in [-0.4, -0.2) is 39.7 Å². The normalized spacial score (nSPS) is 12.2. The average Bonchev–Trinajstić information content (AvgIpc) is 2.24. The van der Waals surface area contributed by atoms with E-state index in [2.05, 4.69) is 9.97 Å². The standard InChI is InChI=1S/C9H15N5O3/c1-6(15)3-4-13(2)9-7(14(16)17)8(10)11-5-12-9/h5-6,15H,3-4H2,1-2H3,(H2,10,11,12). The largest absolute Gasteiger partial charge is 0.393 e. The Labute approximate surface area is 98.2 Å². The van der Waals surface area contributed by atoms with Crippen molar-refractivity contribution < 1.29 is 10.0 Å². The molecule has 0 aliphatic carbocycles. The highest BCUT2D eigenvalue weighted by molar-refractivity contribution is 5.67. The van der Waals surface area contributed by atoms with Crippen LogP contribution in [0.4, 0.5) is 17.3 Å². The molecule has 1 aromatic heterocycles. The number of nitrogens with two attached hydrogens (primary N) is 1. The van der Waals surface area contributed by atoms with E-state index in [1.807, 2.05) is 0 Å². The number of hydrogen-bond acceptors (Lipinski definition) is 7. The molecule has 1 unspecified atom stereocenters. The van der Waals surface area contributed by atoms with Gasteiger partial charge in [-0.3, -0.25) is 10.1 Å². The average molecular weight is 241 g/mol. The van der Waals surface area contributed by atoms with Crippen LogP contribution in [0.25, 0.3) is 0 Å². The zero-order valence-corrected chi connectivity index (χ0v) is 9.70. The zero-order chi connectivity index (χ0) is 13.0. The molecule has 94 valence electrons. The minimum Gasteiger partial charge on any atom is -0.393 e. The van der Waals surface area contributed by atoms with Crippen molar-refractivity contribution in [2.24, 2.45) is 0 Å². The summed E-state index contributed by atoms with van der Waals surface area (Å²) >= 11 is 0. The Bertz CT molecular complexity index is 410. The minimum atomic E-state index is -0.608. The Morgan fingerprint density at radius 3 is 2.82 bits per heavy atom. The van der Waals surface area contributed by atoms with Gasteiger partial charge in [0.25, 0.3) is 0 Å². The lowest BCUT2D eigenvalue weighted by Crippen LogP contribution is -2.24. The van der Waals surface area contributed by atoms with Gasteiger partial charge in [-0.1, -0.05) is 0 Å². The second-order valence-corrected chi connectivity index (χ2v) is 3.75. The monoisotopic (exact) mass is 241 g/mol. The van der Waals surface area contributed by atoms with Crippen LogP contribution < -0.4 is 10.6 Å². The Balaban J connectivity index is 2.96. The Hall–Kier alpha value is -1.96. The van der Waals surface area contributed by atoms with Crippen LogP contribution in [0.3, 0.4) is 0 Å². The molecule has 0 radical (unpaired) electrons. The first-order valence-electron chi connectivity index (χ1n) is 5.07. The molecule has 0 spiro atoms. The summed E-state index contributed by atoms with van der Waals surface area (Å²) in [5, 5.41) is 20.0. The first-order chi connectivity index (χ1) is 7.93. The highest BCUT2D eigenvalue weighted by atomic mass is 16.6. The van der Waals surface area contributed by atoms with Gasteiger partial charge in [-0.15, -0.1) is 0 Å². The van der Waals surface area contributed by atoms with Gasteiger partial charge < -0.3 is 15.7 Å². The highest BCUT2D eigenvalue weighted by Crippen LogP contribution is 2.28. The predicted octanol–water partition coefficient (Wildman–Crippen LogP) is 0.174. The first kappa shape index (κ1) is 13.1. The van der Waals surface area contributed by atoms with E-state index in [1.165, 1.54) is 6.33 Å². The molecule has 8 nitrogen and oxygen atoms in total. The molecule has 0 aliphatic rings. The lowest BCUT2D eigenvalue weighted by atomic mass is 10.2. The lowest BCUT2D eigenvalue weighted by Gasteiger charge is -2.18. The van der Waals surface area contributed by atoms with Gasteiger partial charge in [0.1, 0.15) is 6.33 Å². The number of aliphatic hydroxyl groups excluding tert-OH is 1. The van der Waals surface area contributed by atoms with Crippen molar-refractivity contribution in [1.82, 2.24) is 9.97 Å². The van der Waals surface area contributed by atoms with Crippen LogP contribution in [0.1, 0.15) is 13.3 Å². The molecular formula is C9H15N5O3. The lowest BCUT2D eigenvalue weighted by molar-refractivity contribution is -0.383. The first-order valence-corrected chi connectivity index (χ1v) is 5.07. The summed E-state index contributed by atoms with van der Waals surface area (Å²) in [7, 11) is 1.65. The maximum Gasteiger partial charge on any atom is 0.353 e. The Morgan fingerprint density at radius 2 is 2.29 bits per heavy atom. The fourth-order valence-corrected chi connectivity index (χ4v) is 1.32. The predicted molar refractivity (Wildman–Crippen MR) is 62.7 cm³/mol. The minimum absolute atomic E-state index is 0.156. The number of aliphatic hydroxyl groups is 1. The quantitative estimate of drug-likeness (QED) is 0.557. The van der Waals surface area contributed by atoms with Crippen LogP contribution in [0.2, 0.25) is 0 Å². The molecule has 8 heteroatoms. The van der Waals surface area contributed by atoms with Crippen LogP contribution in [-0.2, 0) is 0 Å².